The lowest BCUT2D eigenvalue weighted by Gasteiger charge is -2.25. The molecule has 1 aliphatic rings. The first-order valence-corrected chi connectivity index (χ1v) is 8.71. The van der Waals surface area contributed by atoms with E-state index >= 15 is 0 Å². The predicted molar refractivity (Wildman–Crippen MR) is 92.7 cm³/mol. The van der Waals surface area contributed by atoms with Crippen LogP contribution in [0.1, 0.15) is 62.3 Å². The summed E-state index contributed by atoms with van der Waals surface area (Å²) in [5, 5.41) is 12.5. The van der Waals surface area contributed by atoms with E-state index in [0.717, 1.165) is 18.4 Å². The summed E-state index contributed by atoms with van der Waals surface area (Å²) in [4.78, 5) is 12.6. The molecule has 1 amide bonds. The number of aryl methyl sites for hydroxylation is 2. The summed E-state index contributed by atoms with van der Waals surface area (Å²) in [6.45, 7) is 8.18. The molecule has 1 N–H and O–H groups in total. The lowest BCUT2D eigenvalue weighted by Crippen LogP contribution is -2.37. The normalized spacial score (nSPS) is 18.9. The third-order valence-corrected chi connectivity index (χ3v) is 5.34. The topological polar surface area (TPSA) is 52.9 Å². The van der Waals surface area contributed by atoms with Gasteiger partial charge in [-0.3, -0.25) is 4.79 Å². The van der Waals surface area contributed by atoms with Gasteiger partial charge in [0.05, 0.1) is 12.1 Å². The maximum atomic E-state index is 12.6. The highest BCUT2D eigenvalue weighted by Crippen LogP contribution is 2.35. The van der Waals surface area contributed by atoms with Gasteiger partial charge in [-0.15, -0.1) is 0 Å². The number of hydrogen-bond acceptors (Lipinski definition) is 2. The Morgan fingerprint density at radius 3 is 2.48 bits per heavy atom. The zero-order valence-corrected chi connectivity index (χ0v) is 14.7. The first-order chi connectivity index (χ1) is 10.9. The van der Waals surface area contributed by atoms with Crippen LogP contribution >= 0.6 is 0 Å². The van der Waals surface area contributed by atoms with Crippen molar-refractivity contribution in [2.75, 3.05) is 0 Å². The Morgan fingerprint density at radius 2 is 1.91 bits per heavy atom. The van der Waals surface area contributed by atoms with Gasteiger partial charge in [0, 0.05) is 0 Å². The van der Waals surface area contributed by atoms with Crippen molar-refractivity contribution < 1.29 is 4.79 Å². The van der Waals surface area contributed by atoms with Crippen LogP contribution in [0.3, 0.4) is 0 Å². The molecule has 1 aliphatic carbocycles. The van der Waals surface area contributed by atoms with Crippen molar-refractivity contribution in [2.45, 2.75) is 59.4 Å². The standard InChI is InChI=1S/C20H28N2O/c1-13-9-10-18(14(2)11-13)16(4)22-20(23)19(12-21)15(3)17-7-5-6-8-17/h9-11,15-17,19H,5-8H2,1-4H3,(H,22,23). The Bertz CT molecular complexity index is 596. The highest BCUT2D eigenvalue weighted by molar-refractivity contribution is 5.81. The number of carbonyl (C=O) groups is 1. The van der Waals surface area contributed by atoms with E-state index in [2.05, 4.69) is 50.4 Å². The molecule has 1 aromatic carbocycles. The van der Waals surface area contributed by atoms with E-state index < -0.39 is 5.92 Å². The van der Waals surface area contributed by atoms with E-state index in [0.29, 0.717) is 5.92 Å². The van der Waals surface area contributed by atoms with Gasteiger partial charge in [0.25, 0.3) is 0 Å². The summed E-state index contributed by atoms with van der Waals surface area (Å²) in [5.74, 6) is -0.0266. The number of nitriles is 1. The van der Waals surface area contributed by atoms with Crippen LogP contribution < -0.4 is 5.32 Å². The minimum atomic E-state index is -0.550. The van der Waals surface area contributed by atoms with Crippen molar-refractivity contribution in [3.05, 3.63) is 34.9 Å². The van der Waals surface area contributed by atoms with Crippen molar-refractivity contribution in [1.82, 2.24) is 5.32 Å². The average molecular weight is 312 g/mol. The summed E-state index contributed by atoms with van der Waals surface area (Å²) < 4.78 is 0. The first kappa shape index (κ1) is 17.5. The van der Waals surface area contributed by atoms with E-state index in [-0.39, 0.29) is 17.9 Å². The van der Waals surface area contributed by atoms with Crippen molar-refractivity contribution in [3.63, 3.8) is 0 Å². The van der Waals surface area contributed by atoms with E-state index in [1.807, 2.05) is 6.92 Å². The van der Waals surface area contributed by atoms with E-state index in [1.165, 1.54) is 24.0 Å². The highest BCUT2D eigenvalue weighted by atomic mass is 16.1. The SMILES string of the molecule is Cc1ccc(C(C)NC(=O)C(C#N)C(C)C2CCCC2)c(C)c1. The number of amides is 1. The van der Waals surface area contributed by atoms with Crippen LogP contribution in [-0.4, -0.2) is 5.91 Å². The molecule has 3 atom stereocenters. The summed E-state index contributed by atoms with van der Waals surface area (Å²) in [7, 11) is 0. The Balaban J connectivity index is 2.05. The fourth-order valence-corrected chi connectivity index (χ4v) is 3.86. The summed E-state index contributed by atoms with van der Waals surface area (Å²) in [5.41, 5.74) is 3.51. The zero-order chi connectivity index (χ0) is 17.0. The lowest BCUT2D eigenvalue weighted by atomic mass is 9.82. The van der Waals surface area contributed by atoms with Crippen LogP contribution in [0.4, 0.5) is 0 Å². The fourth-order valence-electron chi connectivity index (χ4n) is 3.86. The molecule has 0 aromatic heterocycles. The van der Waals surface area contributed by atoms with Crippen LogP contribution in [0.15, 0.2) is 18.2 Å². The lowest BCUT2D eigenvalue weighted by molar-refractivity contribution is -0.125. The van der Waals surface area contributed by atoms with Gasteiger partial charge >= 0.3 is 0 Å². The van der Waals surface area contributed by atoms with Crippen LogP contribution in [0, 0.1) is 42.9 Å². The maximum Gasteiger partial charge on any atom is 0.238 e. The molecule has 1 aromatic rings. The molecule has 3 heteroatoms. The van der Waals surface area contributed by atoms with Gasteiger partial charge in [0.15, 0.2) is 0 Å². The highest BCUT2D eigenvalue weighted by Gasteiger charge is 2.33. The maximum absolute atomic E-state index is 12.6. The molecular weight excluding hydrogens is 284 g/mol. The molecule has 0 heterocycles. The monoisotopic (exact) mass is 312 g/mol. The van der Waals surface area contributed by atoms with E-state index in [1.54, 1.807) is 0 Å². The van der Waals surface area contributed by atoms with Gasteiger partial charge < -0.3 is 5.32 Å². The van der Waals surface area contributed by atoms with Gasteiger partial charge in [-0.05, 0) is 43.7 Å². The summed E-state index contributed by atoms with van der Waals surface area (Å²) >= 11 is 0. The van der Waals surface area contributed by atoms with Crippen LogP contribution in [-0.2, 0) is 4.79 Å². The quantitative estimate of drug-likeness (QED) is 0.873. The minimum absolute atomic E-state index is 0.0743. The molecule has 3 nitrogen and oxygen atoms in total. The van der Waals surface area contributed by atoms with Gasteiger partial charge in [-0.1, -0.05) is 56.4 Å². The van der Waals surface area contributed by atoms with Crippen LogP contribution in [0.25, 0.3) is 0 Å². The smallest absolute Gasteiger partial charge is 0.238 e. The third kappa shape index (κ3) is 4.13. The molecule has 1 fully saturated rings. The molecule has 2 rings (SSSR count). The van der Waals surface area contributed by atoms with E-state index in [4.69, 9.17) is 0 Å². The van der Waals surface area contributed by atoms with Crippen molar-refractivity contribution >= 4 is 5.91 Å². The molecule has 0 saturated heterocycles. The number of nitrogens with zero attached hydrogens (tertiary/aromatic N) is 1. The fraction of sp³-hybridized carbons (Fsp3) is 0.600. The Hall–Kier alpha value is -1.82. The minimum Gasteiger partial charge on any atom is -0.348 e. The molecule has 23 heavy (non-hydrogen) atoms. The van der Waals surface area contributed by atoms with Gasteiger partial charge in [-0.2, -0.15) is 5.26 Å². The zero-order valence-electron chi connectivity index (χ0n) is 14.7. The van der Waals surface area contributed by atoms with E-state index in [9.17, 15) is 10.1 Å². The van der Waals surface area contributed by atoms with Crippen molar-refractivity contribution in [3.8, 4) is 6.07 Å². The molecule has 0 spiro atoms. The Labute approximate surface area is 140 Å². The number of nitrogens with one attached hydrogen (secondary N) is 1. The second kappa shape index (κ2) is 7.64. The summed E-state index contributed by atoms with van der Waals surface area (Å²) in [6.07, 6.45) is 4.76. The number of rotatable bonds is 5. The summed E-state index contributed by atoms with van der Waals surface area (Å²) in [6, 6.07) is 8.43. The number of carbonyl (C=O) groups excluding carboxylic acids is 1. The van der Waals surface area contributed by atoms with Crippen LogP contribution in [0.2, 0.25) is 0 Å². The second-order valence-electron chi connectivity index (χ2n) is 7.10. The molecule has 3 unspecified atom stereocenters. The van der Waals surface area contributed by atoms with Gasteiger partial charge in [0.2, 0.25) is 5.91 Å². The third-order valence-electron chi connectivity index (χ3n) is 5.34. The number of hydrogen-bond donors (Lipinski definition) is 1. The Morgan fingerprint density at radius 1 is 1.26 bits per heavy atom. The predicted octanol–water partition coefficient (Wildman–Crippen LogP) is 4.45. The Kier molecular flexibility index (Phi) is 5.82. The molecule has 1 saturated carbocycles. The average Bonchev–Trinajstić information content (AvgIpc) is 3.01. The largest absolute Gasteiger partial charge is 0.348 e. The molecule has 0 aliphatic heterocycles. The van der Waals surface area contributed by atoms with Gasteiger partial charge in [-0.25, -0.2) is 0 Å². The van der Waals surface area contributed by atoms with Gasteiger partial charge in [0.1, 0.15) is 5.92 Å². The molecule has 124 valence electrons. The second-order valence-corrected chi connectivity index (χ2v) is 7.10. The first-order valence-electron chi connectivity index (χ1n) is 8.71. The van der Waals surface area contributed by atoms with Crippen molar-refractivity contribution in [1.29, 1.82) is 5.26 Å². The van der Waals surface area contributed by atoms with Crippen LogP contribution in [0.5, 0.6) is 0 Å². The molecular formula is C20H28N2O. The molecule has 0 bridgehead atoms. The number of benzene rings is 1. The van der Waals surface area contributed by atoms with Crippen molar-refractivity contribution in [2.24, 2.45) is 17.8 Å². The molecule has 0 radical (unpaired) electrons.